The predicted octanol–water partition coefficient (Wildman–Crippen LogP) is 3.30. The maximum Gasteiger partial charge on any atom is 0.277 e. The maximum atomic E-state index is 12.8. The number of nitrogens with zero attached hydrogens (tertiary/aromatic N) is 4. The lowest BCUT2D eigenvalue weighted by atomic mass is 9.90. The molecule has 0 fully saturated rings. The summed E-state index contributed by atoms with van der Waals surface area (Å²) in [5, 5.41) is 19.7. The first-order valence-corrected chi connectivity index (χ1v) is 12.6. The van der Waals surface area contributed by atoms with Crippen LogP contribution in [0.5, 0.6) is 0 Å². The van der Waals surface area contributed by atoms with Crippen LogP contribution in [0.25, 0.3) is 11.5 Å². The van der Waals surface area contributed by atoms with Gasteiger partial charge in [0.2, 0.25) is 21.8 Å². The Bertz CT molecular complexity index is 1090. The van der Waals surface area contributed by atoms with E-state index in [0.717, 1.165) is 11.8 Å². The van der Waals surface area contributed by atoms with Gasteiger partial charge in [0.15, 0.2) is 0 Å². The molecule has 0 bridgehead atoms. The van der Waals surface area contributed by atoms with Gasteiger partial charge >= 0.3 is 0 Å². The summed E-state index contributed by atoms with van der Waals surface area (Å²) in [6.07, 6.45) is 0. The summed E-state index contributed by atoms with van der Waals surface area (Å²) in [5.41, 5.74) is -0.519. The first-order chi connectivity index (χ1) is 15.0. The van der Waals surface area contributed by atoms with E-state index in [1.54, 1.807) is 39.8 Å². The largest absolute Gasteiger partial charge is 0.411 e. The Morgan fingerprint density at radius 1 is 1.28 bits per heavy atom. The van der Waals surface area contributed by atoms with Gasteiger partial charge in [0.25, 0.3) is 5.22 Å². The fourth-order valence-electron chi connectivity index (χ4n) is 2.74. The molecule has 0 radical (unpaired) electrons. The number of hydrogen-bond donors (Lipinski definition) is 1. The van der Waals surface area contributed by atoms with Crippen molar-refractivity contribution in [2.45, 2.75) is 62.4 Å². The van der Waals surface area contributed by atoms with Crippen molar-refractivity contribution < 1.29 is 17.6 Å². The zero-order valence-corrected chi connectivity index (χ0v) is 20.7. The van der Waals surface area contributed by atoms with Crippen molar-refractivity contribution in [1.82, 2.24) is 19.8 Å². The topological polar surface area (TPSA) is 129 Å². The summed E-state index contributed by atoms with van der Waals surface area (Å²) in [6.45, 7) is 11.4. The third-order valence-corrected chi connectivity index (χ3v) is 8.23. The van der Waals surface area contributed by atoms with Gasteiger partial charge in [0, 0.05) is 18.7 Å². The quantitative estimate of drug-likeness (QED) is 0.514. The van der Waals surface area contributed by atoms with Gasteiger partial charge in [-0.15, -0.1) is 10.2 Å². The third-order valence-electron chi connectivity index (χ3n) is 5.25. The molecule has 0 aliphatic carbocycles. The molecular weight excluding hydrogens is 450 g/mol. The van der Waals surface area contributed by atoms with E-state index in [9.17, 15) is 18.5 Å². The number of amides is 1. The summed E-state index contributed by atoms with van der Waals surface area (Å²) < 4.78 is 32.6. The van der Waals surface area contributed by atoms with E-state index in [4.69, 9.17) is 4.42 Å². The van der Waals surface area contributed by atoms with E-state index in [0.29, 0.717) is 18.7 Å². The molecule has 0 spiro atoms. The highest BCUT2D eigenvalue weighted by Crippen LogP contribution is 2.28. The number of thioether (sulfide) groups is 1. The molecule has 1 amide bonds. The number of nitrogens with one attached hydrogen (secondary N) is 1. The molecule has 9 nitrogen and oxygen atoms in total. The monoisotopic (exact) mass is 479 g/mol. The zero-order chi connectivity index (χ0) is 24.1. The van der Waals surface area contributed by atoms with Crippen molar-refractivity contribution in [1.29, 1.82) is 5.26 Å². The molecule has 0 aliphatic heterocycles. The highest BCUT2D eigenvalue weighted by molar-refractivity contribution is 8.00. The Morgan fingerprint density at radius 3 is 2.50 bits per heavy atom. The van der Waals surface area contributed by atoms with Crippen molar-refractivity contribution in [3.63, 3.8) is 0 Å². The van der Waals surface area contributed by atoms with E-state index in [1.807, 2.05) is 13.8 Å². The standard InChI is InChI=1S/C21H29N5O4S2/c1-7-26(8-2)32(28,29)17-11-9-10-16(12-17)19-24-25-20(30-19)31-15(5)18(27)23-21(6,13-22)14(3)4/h9-12,14-15H,7-8H2,1-6H3,(H,23,27). The molecule has 2 aromatic rings. The Balaban J connectivity index is 2.18. The molecule has 174 valence electrons. The smallest absolute Gasteiger partial charge is 0.277 e. The minimum Gasteiger partial charge on any atom is -0.411 e. The van der Waals surface area contributed by atoms with Gasteiger partial charge in [-0.1, -0.05) is 45.5 Å². The first kappa shape index (κ1) is 25.8. The molecule has 1 heterocycles. The highest BCUT2D eigenvalue weighted by Gasteiger charge is 2.32. The SMILES string of the molecule is CCN(CC)S(=O)(=O)c1cccc(-c2nnc(SC(C)C(=O)NC(C)(C#N)C(C)C)o2)c1. The third kappa shape index (κ3) is 5.68. The molecule has 2 atom stereocenters. The molecule has 2 unspecified atom stereocenters. The summed E-state index contributed by atoms with van der Waals surface area (Å²) in [6, 6.07) is 8.46. The fourth-order valence-corrected chi connectivity index (χ4v) is 4.93. The Hall–Kier alpha value is -2.42. The first-order valence-electron chi connectivity index (χ1n) is 10.3. The van der Waals surface area contributed by atoms with E-state index in [-0.39, 0.29) is 27.8 Å². The number of sulfonamides is 1. The maximum absolute atomic E-state index is 12.8. The van der Waals surface area contributed by atoms with E-state index in [1.165, 1.54) is 16.4 Å². The Morgan fingerprint density at radius 2 is 1.94 bits per heavy atom. The van der Waals surface area contributed by atoms with Crippen LogP contribution in [0.15, 0.2) is 38.8 Å². The van der Waals surface area contributed by atoms with Crippen LogP contribution in [-0.2, 0) is 14.8 Å². The lowest BCUT2D eigenvalue weighted by Crippen LogP contribution is -2.51. The summed E-state index contributed by atoms with van der Waals surface area (Å²) in [7, 11) is -3.62. The minimum atomic E-state index is -3.62. The van der Waals surface area contributed by atoms with Gasteiger partial charge in [-0.05, 0) is 38.0 Å². The number of carbonyl (C=O) groups is 1. The number of rotatable bonds is 10. The number of aromatic nitrogens is 2. The van der Waals surface area contributed by atoms with Crippen molar-refractivity contribution in [2.75, 3.05) is 13.1 Å². The Labute approximate surface area is 193 Å². The number of carbonyl (C=O) groups excluding carboxylic acids is 1. The van der Waals surface area contributed by atoms with Gasteiger partial charge in [-0.2, -0.15) is 9.57 Å². The molecule has 2 rings (SSSR count). The molecule has 0 saturated carbocycles. The highest BCUT2D eigenvalue weighted by atomic mass is 32.2. The second kappa shape index (κ2) is 10.5. The fraction of sp³-hybridized carbons (Fsp3) is 0.524. The van der Waals surface area contributed by atoms with Crippen LogP contribution < -0.4 is 5.32 Å². The van der Waals surface area contributed by atoms with Crippen LogP contribution >= 0.6 is 11.8 Å². The van der Waals surface area contributed by atoms with E-state index >= 15 is 0 Å². The Kier molecular flexibility index (Phi) is 8.45. The predicted molar refractivity (Wildman–Crippen MR) is 122 cm³/mol. The van der Waals surface area contributed by atoms with Crippen LogP contribution in [0.2, 0.25) is 0 Å². The normalized spacial score (nSPS) is 14.7. The average Bonchev–Trinajstić information content (AvgIpc) is 3.22. The summed E-state index contributed by atoms with van der Waals surface area (Å²) in [4.78, 5) is 12.7. The van der Waals surface area contributed by atoms with E-state index in [2.05, 4.69) is 21.6 Å². The second-order valence-electron chi connectivity index (χ2n) is 7.71. The summed E-state index contributed by atoms with van der Waals surface area (Å²) >= 11 is 1.06. The molecule has 0 saturated heterocycles. The number of benzene rings is 1. The molecule has 11 heteroatoms. The van der Waals surface area contributed by atoms with Crippen LogP contribution in [-0.4, -0.2) is 52.7 Å². The minimum absolute atomic E-state index is 0.0662. The van der Waals surface area contributed by atoms with Gasteiger partial charge in [0.1, 0.15) is 5.54 Å². The van der Waals surface area contributed by atoms with Crippen LogP contribution in [0.1, 0.15) is 41.5 Å². The molecule has 1 N–H and O–H groups in total. The second-order valence-corrected chi connectivity index (χ2v) is 10.9. The van der Waals surface area contributed by atoms with Crippen LogP contribution in [0.4, 0.5) is 0 Å². The molecule has 1 aromatic carbocycles. The lowest BCUT2D eigenvalue weighted by molar-refractivity contribution is -0.121. The molecule has 1 aromatic heterocycles. The van der Waals surface area contributed by atoms with Crippen LogP contribution in [0.3, 0.4) is 0 Å². The lowest BCUT2D eigenvalue weighted by Gasteiger charge is -2.28. The van der Waals surface area contributed by atoms with Crippen molar-refractivity contribution in [2.24, 2.45) is 5.92 Å². The van der Waals surface area contributed by atoms with Gasteiger partial charge in [-0.25, -0.2) is 8.42 Å². The number of nitriles is 1. The van der Waals surface area contributed by atoms with Crippen molar-refractivity contribution >= 4 is 27.7 Å². The van der Waals surface area contributed by atoms with Gasteiger partial charge < -0.3 is 9.73 Å². The molecule has 0 aliphatic rings. The molecular formula is C21H29N5O4S2. The van der Waals surface area contributed by atoms with Gasteiger partial charge in [0.05, 0.1) is 16.2 Å². The van der Waals surface area contributed by atoms with Gasteiger partial charge in [-0.3, -0.25) is 4.79 Å². The van der Waals surface area contributed by atoms with Crippen molar-refractivity contribution in [3.8, 4) is 17.5 Å². The van der Waals surface area contributed by atoms with Crippen molar-refractivity contribution in [3.05, 3.63) is 24.3 Å². The zero-order valence-electron chi connectivity index (χ0n) is 19.1. The van der Waals surface area contributed by atoms with Crippen LogP contribution in [0, 0.1) is 17.2 Å². The van der Waals surface area contributed by atoms with E-state index < -0.39 is 20.8 Å². The average molecular weight is 480 g/mol. The molecule has 32 heavy (non-hydrogen) atoms. The summed E-state index contributed by atoms with van der Waals surface area (Å²) in [5.74, 6) is -0.232. The number of hydrogen-bond acceptors (Lipinski definition) is 8.